The number of amides is 1. The Labute approximate surface area is 207 Å². The molecule has 4 rings (SSSR count). The van der Waals surface area contributed by atoms with Crippen molar-refractivity contribution in [2.75, 3.05) is 31.6 Å². The second-order valence-electron chi connectivity index (χ2n) is 9.12. The van der Waals surface area contributed by atoms with Crippen LogP contribution in [0.3, 0.4) is 0 Å². The molecule has 0 spiro atoms. The van der Waals surface area contributed by atoms with Gasteiger partial charge in [0.15, 0.2) is 15.5 Å². The highest BCUT2D eigenvalue weighted by molar-refractivity contribution is 7.91. The van der Waals surface area contributed by atoms with E-state index in [4.69, 9.17) is 39.8 Å². The van der Waals surface area contributed by atoms with Crippen LogP contribution < -0.4 is 0 Å². The van der Waals surface area contributed by atoms with Gasteiger partial charge in [-0.15, -0.1) is 0 Å². The summed E-state index contributed by atoms with van der Waals surface area (Å²) >= 11 is 18.5. The lowest BCUT2D eigenvalue weighted by Gasteiger charge is -2.44. The van der Waals surface area contributed by atoms with E-state index in [-0.39, 0.29) is 18.5 Å². The summed E-state index contributed by atoms with van der Waals surface area (Å²) in [7, 11) is -3.45. The monoisotopic (exact) mass is 530 g/mol. The van der Waals surface area contributed by atoms with E-state index in [1.54, 1.807) is 12.1 Å². The summed E-state index contributed by atoms with van der Waals surface area (Å²) in [6.45, 7) is 2.33. The van der Waals surface area contributed by atoms with Crippen molar-refractivity contribution in [2.45, 2.75) is 24.4 Å². The van der Waals surface area contributed by atoms with Gasteiger partial charge in [0.2, 0.25) is 5.91 Å². The number of benzene rings is 2. The molecule has 0 aliphatic carbocycles. The largest absolute Gasteiger partial charge is 0.335 e. The van der Waals surface area contributed by atoms with E-state index >= 15 is 4.39 Å². The molecule has 1 saturated heterocycles. The van der Waals surface area contributed by atoms with Crippen LogP contribution >= 0.6 is 34.8 Å². The topological polar surface area (TPSA) is 66.8 Å². The zero-order valence-corrected chi connectivity index (χ0v) is 21.1. The number of nitrogens with zero attached hydrogens (tertiary/aromatic N) is 2. The number of halogens is 4. The molecule has 5 nitrogen and oxygen atoms in total. The van der Waals surface area contributed by atoms with Gasteiger partial charge in [0.1, 0.15) is 5.75 Å². The van der Waals surface area contributed by atoms with Gasteiger partial charge in [0, 0.05) is 30.3 Å². The molecule has 2 aromatic carbocycles. The number of rotatable bonds is 5. The van der Waals surface area contributed by atoms with Crippen LogP contribution in [0, 0.1) is 0 Å². The lowest BCUT2D eigenvalue weighted by atomic mass is 9.79. The predicted molar refractivity (Wildman–Crippen MR) is 130 cm³/mol. The number of carbonyl (C=O) groups is 1. The standard InChI is InChI=1S/C23H22Cl3FN2O3S/c1-22(16-7-17(24)21(26)18(25)8-16)9-19(28-11-22)14-3-5-15(6-4-14)23(27)12-29(13-23)20(30)10-33(2,31)32/h3-8H,9-13H2,1-2H3. The Morgan fingerprint density at radius 1 is 1.09 bits per heavy atom. The third kappa shape index (κ3) is 4.92. The molecule has 2 aromatic rings. The molecule has 0 aromatic heterocycles. The third-order valence-electron chi connectivity index (χ3n) is 6.21. The van der Waals surface area contributed by atoms with Crippen molar-refractivity contribution in [3.05, 3.63) is 68.2 Å². The van der Waals surface area contributed by atoms with Crippen LogP contribution in [0.25, 0.3) is 0 Å². The van der Waals surface area contributed by atoms with Crippen LogP contribution in [0.1, 0.15) is 30.0 Å². The third-order valence-corrected chi connectivity index (χ3v) is 8.18. The Hall–Kier alpha value is -1.67. The number of hydrogen-bond acceptors (Lipinski definition) is 4. The van der Waals surface area contributed by atoms with Gasteiger partial charge in [0.05, 0.1) is 28.2 Å². The molecular weight excluding hydrogens is 510 g/mol. The minimum Gasteiger partial charge on any atom is -0.335 e. The highest BCUT2D eigenvalue weighted by Gasteiger charge is 2.47. The molecule has 10 heteroatoms. The SMILES string of the molecule is CC1(c2cc(Cl)c(Cl)c(Cl)c2)CN=C(c2ccc(C3(F)CN(C(=O)CS(C)(=O)=O)C3)cc2)C1. The predicted octanol–water partition coefficient (Wildman–Crippen LogP) is 4.85. The van der Waals surface area contributed by atoms with E-state index in [1.807, 2.05) is 24.3 Å². The van der Waals surface area contributed by atoms with Crippen molar-refractivity contribution < 1.29 is 17.6 Å². The first-order valence-corrected chi connectivity index (χ1v) is 13.4. The van der Waals surface area contributed by atoms with Crippen LogP contribution in [0.15, 0.2) is 41.4 Å². The maximum atomic E-state index is 15.2. The molecule has 1 amide bonds. The Kier molecular flexibility index (Phi) is 6.32. The first kappa shape index (κ1) is 24.5. The summed E-state index contributed by atoms with van der Waals surface area (Å²) in [5.74, 6) is -1.19. The van der Waals surface area contributed by atoms with Gasteiger partial charge in [-0.1, -0.05) is 66.0 Å². The second-order valence-corrected chi connectivity index (χ2v) is 12.4. The van der Waals surface area contributed by atoms with E-state index in [1.165, 1.54) is 4.90 Å². The smallest absolute Gasteiger partial charge is 0.237 e. The van der Waals surface area contributed by atoms with Crippen molar-refractivity contribution >= 4 is 56.3 Å². The highest BCUT2D eigenvalue weighted by atomic mass is 35.5. The summed E-state index contributed by atoms with van der Waals surface area (Å²) in [4.78, 5) is 17.9. The molecule has 1 fully saturated rings. The number of sulfone groups is 1. The maximum absolute atomic E-state index is 15.2. The average molecular weight is 532 g/mol. The minimum absolute atomic E-state index is 0.155. The molecular formula is C23H22Cl3FN2O3S. The molecule has 2 heterocycles. The first-order valence-electron chi connectivity index (χ1n) is 10.2. The Morgan fingerprint density at radius 3 is 2.21 bits per heavy atom. The summed E-state index contributed by atoms with van der Waals surface area (Å²) in [5.41, 5.74) is 1.22. The van der Waals surface area contributed by atoms with E-state index in [2.05, 4.69) is 6.92 Å². The lowest BCUT2D eigenvalue weighted by molar-refractivity contribution is -0.143. The molecule has 1 atom stereocenters. The van der Waals surface area contributed by atoms with Gasteiger partial charge >= 0.3 is 0 Å². The van der Waals surface area contributed by atoms with Crippen LogP contribution in [0.4, 0.5) is 4.39 Å². The van der Waals surface area contributed by atoms with E-state index in [0.717, 1.165) is 23.1 Å². The fourth-order valence-electron chi connectivity index (χ4n) is 4.24. The number of hydrogen-bond donors (Lipinski definition) is 0. The molecule has 0 saturated carbocycles. The zero-order valence-electron chi connectivity index (χ0n) is 18.0. The number of alkyl halides is 1. The molecule has 176 valence electrons. The second kappa shape index (κ2) is 8.52. The van der Waals surface area contributed by atoms with Gasteiger partial charge in [-0.05, 0) is 28.8 Å². The van der Waals surface area contributed by atoms with Crippen molar-refractivity contribution in [1.29, 1.82) is 0 Å². The van der Waals surface area contributed by atoms with Gasteiger partial charge in [0.25, 0.3) is 0 Å². The van der Waals surface area contributed by atoms with Crippen molar-refractivity contribution in [2.24, 2.45) is 4.99 Å². The van der Waals surface area contributed by atoms with Crippen molar-refractivity contribution in [3.63, 3.8) is 0 Å². The molecule has 0 radical (unpaired) electrons. The average Bonchev–Trinajstić information content (AvgIpc) is 3.11. The van der Waals surface area contributed by atoms with Crippen LogP contribution in [-0.2, 0) is 25.7 Å². The zero-order chi connectivity index (χ0) is 24.2. The molecule has 1 unspecified atom stereocenters. The molecule has 33 heavy (non-hydrogen) atoms. The minimum atomic E-state index is -3.45. The highest BCUT2D eigenvalue weighted by Crippen LogP contribution is 2.41. The summed E-state index contributed by atoms with van der Waals surface area (Å²) in [5, 5.41) is 1.13. The van der Waals surface area contributed by atoms with E-state index in [0.29, 0.717) is 33.6 Å². The summed E-state index contributed by atoms with van der Waals surface area (Å²) in [6.07, 6.45) is 1.65. The van der Waals surface area contributed by atoms with Gasteiger partial charge in [-0.25, -0.2) is 12.8 Å². The summed E-state index contributed by atoms with van der Waals surface area (Å²) in [6, 6.07) is 10.7. The Morgan fingerprint density at radius 2 is 1.67 bits per heavy atom. The fourth-order valence-corrected chi connectivity index (χ4v) is 5.46. The molecule has 0 bridgehead atoms. The number of likely N-dealkylation sites (tertiary alicyclic amines) is 1. The van der Waals surface area contributed by atoms with E-state index in [9.17, 15) is 13.2 Å². The van der Waals surface area contributed by atoms with Gasteiger partial charge < -0.3 is 4.90 Å². The molecule has 2 aliphatic heterocycles. The van der Waals surface area contributed by atoms with Crippen LogP contribution in [-0.4, -0.2) is 56.6 Å². The maximum Gasteiger partial charge on any atom is 0.237 e. The van der Waals surface area contributed by atoms with Crippen molar-refractivity contribution in [3.8, 4) is 0 Å². The van der Waals surface area contributed by atoms with E-state index < -0.39 is 27.2 Å². The molecule has 2 aliphatic rings. The Bertz CT molecular complexity index is 1240. The van der Waals surface area contributed by atoms with Crippen LogP contribution in [0.5, 0.6) is 0 Å². The normalized spacial score (nSPS) is 22.1. The number of aliphatic imine (C=N–C) groups is 1. The number of carbonyl (C=O) groups excluding carboxylic acids is 1. The van der Waals surface area contributed by atoms with Gasteiger partial charge in [-0.3, -0.25) is 9.79 Å². The molecule has 0 N–H and O–H groups in total. The van der Waals surface area contributed by atoms with Gasteiger partial charge in [-0.2, -0.15) is 0 Å². The van der Waals surface area contributed by atoms with Crippen molar-refractivity contribution in [1.82, 2.24) is 4.90 Å². The fraction of sp³-hybridized carbons (Fsp3) is 0.391. The first-order chi connectivity index (χ1) is 15.3. The summed E-state index contributed by atoms with van der Waals surface area (Å²) < 4.78 is 37.8. The van der Waals surface area contributed by atoms with Crippen LogP contribution in [0.2, 0.25) is 15.1 Å². The Balaban J connectivity index is 1.44. The lowest BCUT2D eigenvalue weighted by Crippen LogP contribution is -2.59. The quantitative estimate of drug-likeness (QED) is 0.518.